The molecule has 1 aliphatic rings. The third kappa shape index (κ3) is 4.28. The molecule has 1 aliphatic heterocycles. The molecule has 0 unspecified atom stereocenters. The molecule has 2 heterocycles. The number of carbonyl (C=O) groups is 1. The summed E-state index contributed by atoms with van der Waals surface area (Å²) in [6, 6.07) is 2.22. The number of aryl methyl sites for hydroxylation is 2. The fraction of sp³-hybridized carbons (Fsp3) is 0.733. The first-order valence-corrected chi connectivity index (χ1v) is 7.49. The van der Waals surface area contributed by atoms with Crippen molar-refractivity contribution in [3.8, 4) is 0 Å². The van der Waals surface area contributed by atoms with Crippen molar-refractivity contribution in [3.63, 3.8) is 0 Å². The van der Waals surface area contributed by atoms with E-state index in [1.807, 2.05) is 19.9 Å². The van der Waals surface area contributed by atoms with Crippen molar-refractivity contribution in [2.45, 2.75) is 26.4 Å². The number of likely N-dealkylation sites (tertiary alicyclic amines) is 1. The highest BCUT2D eigenvalue weighted by Gasteiger charge is 2.32. The average molecular weight is 293 g/mol. The second-order valence-electron chi connectivity index (χ2n) is 6.50. The highest BCUT2D eigenvalue weighted by Crippen LogP contribution is 2.16. The number of aromatic nitrogens is 2. The van der Waals surface area contributed by atoms with Gasteiger partial charge >= 0.3 is 0 Å². The van der Waals surface area contributed by atoms with Crippen LogP contribution in [0.4, 0.5) is 0 Å². The molecule has 1 aromatic heterocycles. The van der Waals surface area contributed by atoms with E-state index < -0.39 is 0 Å². The standard InChI is InChI=1S/C15H27N5O/c1-11-6-12(2)20(17-11)10-15(21)16-14-9-19(5)8-13(14)7-18(3)4/h6,13-14H,7-10H2,1-5H3,(H,16,21)/t13-,14-/m1/s1. The minimum absolute atomic E-state index is 0.0465. The number of nitrogens with one attached hydrogen (secondary N) is 1. The summed E-state index contributed by atoms with van der Waals surface area (Å²) in [6.45, 7) is 7.17. The van der Waals surface area contributed by atoms with Gasteiger partial charge in [-0.1, -0.05) is 0 Å². The zero-order valence-corrected chi connectivity index (χ0v) is 13.8. The Morgan fingerprint density at radius 2 is 2.14 bits per heavy atom. The first-order valence-electron chi connectivity index (χ1n) is 7.49. The minimum Gasteiger partial charge on any atom is -0.350 e. The normalized spacial score (nSPS) is 23.0. The third-order valence-corrected chi connectivity index (χ3v) is 3.97. The van der Waals surface area contributed by atoms with E-state index in [9.17, 15) is 4.79 Å². The molecule has 2 rings (SSSR count). The molecule has 1 N–H and O–H groups in total. The summed E-state index contributed by atoms with van der Waals surface area (Å²) >= 11 is 0. The van der Waals surface area contributed by atoms with E-state index in [0.717, 1.165) is 31.0 Å². The predicted molar refractivity (Wildman–Crippen MR) is 83.2 cm³/mol. The van der Waals surface area contributed by atoms with Crippen LogP contribution in [0.2, 0.25) is 0 Å². The predicted octanol–water partition coefficient (Wildman–Crippen LogP) is 0.108. The molecule has 1 saturated heterocycles. The fourth-order valence-corrected chi connectivity index (χ4v) is 3.13. The van der Waals surface area contributed by atoms with Crippen molar-refractivity contribution >= 4 is 5.91 Å². The molecule has 0 aliphatic carbocycles. The van der Waals surface area contributed by atoms with Crippen LogP contribution in [0.3, 0.4) is 0 Å². The van der Waals surface area contributed by atoms with Crippen molar-refractivity contribution in [3.05, 3.63) is 17.5 Å². The zero-order valence-electron chi connectivity index (χ0n) is 13.8. The Hall–Kier alpha value is -1.40. The number of amides is 1. The van der Waals surface area contributed by atoms with E-state index in [1.54, 1.807) is 4.68 Å². The molecule has 6 heteroatoms. The Morgan fingerprint density at radius 1 is 1.43 bits per heavy atom. The number of carbonyl (C=O) groups excluding carboxylic acids is 1. The van der Waals surface area contributed by atoms with Crippen molar-refractivity contribution in [1.29, 1.82) is 0 Å². The van der Waals surface area contributed by atoms with Gasteiger partial charge in [0.25, 0.3) is 0 Å². The molecule has 0 radical (unpaired) electrons. The summed E-state index contributed by atoms with van der Waals surface area (Å²) in [4.78, 5) is 16.7. The summed E-state index contributed by atoms with van der Waals surface area (Å²) in [5.74, 6) is 0.527. The molecule has 1 amide bonds. The van der Waals surface area contributed by atoms with Gasteiger partial charge in [-0.25, -0.2) is 0 Å². The molecule has 1 fully saturated rings. The molecule has 2 atom stereocenters. The second-order valence-corrected chi connectivity index (χ2v) is 6.50. The third-order valence-electron chi connectivity index (χ3n) is 3.97. The fourth-order valence-electron chi connectivity index (χ4n) is 3.13. The van der Waals surface area contributed by atoms with E-state index in [2.05, 4.69) is 41.4 Å². The van der Waals surface area contributed by atoms with E-state index >= 15 is 0 Å². The Bertz CT molecular complexity index is 496. The van der Waals surface area contributed by atoms with Crippen LogP contribution in [0.15, 0.2) is 6.07 Å². The van der Waals surface area contributed by atoms with Crippen molar-refractivity contribution in [2.75, 3.05) is 40.8 Å². The van der Waals surface area contributed by atoms with Crippen LogP contribution >= 0.6 is 0 Å². The van der Waals surface area contributed by atoms with Crippen LogP contribution in [-0.4, -0.2) is 72.3 Å². The Kier molecular flexibility index (Phi) is 5.00. The zero-order chi connectivity index (χ0) is 15.6. The summed E-state index contributed by atoms with van der Waals surface area (Å²) in [6.07, 6.45) is 0. The lowest BCUT2D eigenvalue weighted by atomic mass is 10.0. The lowest BCUT2D eigenvalue weighted by Crippen LogP contribution is -2.44. The molecule has 21 heavy (non-hydrogen) atoms. The average Bonchev–Trinajstić information content (AvgIpc) is 2.82. The van der Waals surface area contributed by atoms with Crippen molar-refractivity contribution < 1.29 is 4.79 Å². The maximum Gasteiger partial charge on any atom is 0.242 e. The number of hydrogen-bond donors (Lipinski definition) is 1. The van der Waals surface area contributed by atoms with Crippen LogP contribution in [0.25, 0.3) is 0 Å². The number of rotatable bonds is 5. The molecule has 1 aromatic rings. The lowest BCUT2D eigenvalue weighted by Gasteiger charge is -2.23. The SMILES string of the molecule is Cc1cc(C)n(CC(=O)N[C@@H]2CN(C)C[C@H]2CN(C)C)n1. The quantitative estimate of drug-likeness (QED) is 0.837. The molecule has 0 spiro atoms. The molecule has 0 bridgehead atoms. The molecular weight excluding hydrogens is 266 g/mol. The van der Waals surface area contributed by atoms with E-state index in [4.69, 9.17) is 0 Å². The van der Waals surface area contributed by atoms with Gasteiger partial charge in [-0.05, 0) is 41.1 Å². The van der Waals surface area contributed by atoms with E-state index in [0.29, 0.717) is 12.5 Å². The smallest absolute Gasteiger partial charge is 0.242 e. The first kappa shape index (κ1) is 16.0. The van der Waals surface area contributed by atoms with Crippen LogP contribution in [0, 0.1) is 19.8 Å². The number of likely N-dealkylation sites (N-methyl/N-ethyl adjacent to an activating group) is 1. The van der Waals surface area contributed by atoms with Crippen LogP contribution < -0.4 is 5.32 Å². The molecular formula is C15H27N5O. The van der Waals surface area contributed by atoms with Crippen LogP contribution in [0.1, 0.15) is 11.4 Å². The van der Waals surface area contributed by atoms with Crippen molar-refractivity contribution in [2.24, 2.45) is 5.92 Å². The summed E-state index contributed by atoms with van der Waals surface area (Å²) in [5.41, 5.74) is 1.97. The molecule has 118 valence electrons. The monoisotopic (exact) mass is 293 g/mol. The van der Waals surface area contributed by atoms with Gasteiger partial charge in [-0.3, -0.25) is 9.48 Å². The number of hydrogen-bond acceptors (Lipinski definition) is 4. The van der Waals surface area contributed by atoms with Crippen molar-refractivity contribution in [1.82, 2.24) is 24.9 Å². The maximum absolute atomic E-state index is 12.3. The highest BCUT2D eigenvalue weighted by atomic mass is 16.2. The summed E-state index contributed by atoms with van der Waals surface area (Å²) in [7, 11) is 6.26. The van der Waals surface area contributed by atoms with E-state index in [1.165, 1.54) is 0 Å². The van der Waals surface area contributed by atoms with Gasteiger partial charge in [0.2, 0.25) is 5.91 Å². The van der Waals surface area contributed by atoms with Crippen LogP contribution in [0.5, 0.6) is 0 Å². The van der Waals surface area contributed by atoms with Gasteiger partial charge in [0.1, 0.15) is 6.54 Å². The number of nitrogens with zero attached hydrogens (tertiary/aromatic N) is 4. The largest absolute Gasteiger partial charge is 0.350 e. The maximum atomic E-state index is 12.3. The topological polar surface area (TPSA) is 53.4 Å². The van der Waals surface area contributed by atoms with Gasteiger partial charge in [0, 0.05) is 37.3 Å². The van der Waals surface area contributed by atoms with Gasteiger partial charge in [0.15, 0.2) is 0 Å². The van der Waals surface area contributed by atoms with Gasteiger partial charge in [0.05, 0.1) is 5.69 Å². The highest BCUT2D eigenvalue weighted by molar-refractivity contribution is 5.76. The van der Waals surface area contributed by atoms with Gasteiger partial charge < -0.3 is 15.1 Å². The Balaban J connectivity index is 1.93. The summed E-state index contributed by atoms with van der Waals surface area (Å²) in [5, 5.41) is 7.53. The Labute approximate surface area is 127 Å². The van der Waals surface area contributed by atoms with Gasteiger partial charge in [-0.15, -0.1) is 0 Å². The van der Waals surface area contributed by atoms with E-state index in [-0.39, 0.29) is 11.9 Å². The minimum atomic E-state index is 0.0465. The molecule has 0 aromatic carbocycles. The lowest BCUT2D eigenvalue weighted by molar-refractivity contribution is -0.122. The first-order chi connectivity index (χ1) is 9.85. The second kappa shape index (κ2) is 6.58. The molecule has 6 nitrogen and oxygen atoms in total. The van der Waals surface area contributed by atoms with Gasteiger partial charge in [-0.2, -0.15) is 5.10 Å². The Morgan fingerprint density at radius 3 is 2.71 bits per heavy atom. The van der Waals surface area contributed by atoms with Crippen LogP contribution in [-0.2, 0) is 11.3 Å². The summed E-state index contributed by atoms with van der Waals surface area (Å²) < 4.78 is 1.77. The molecule has 0 saturated carbocycles.